The average molecular weight is 474 g/mol. The van der Waals surface area contributed by atoms with Crippen LogP contribution in [0.1, 0.15) is 22.0 Å². The maximum atomic E-state index is 12.7. The van der Waals surface area contributed by atoms with Crippen LogP contribution < -0.4 is 10.5 Å². The molecule has 0 aliphatic rings. The van der Waals surface area contributed by atoms with Gasteiger partial charge in [-0.1, -0.05) is 23.4 Å². The number of primary amides is 1. The first kappa shape index (κ1) is 23.3. The summed E-state index contributed by atoms with van der Waals surface area (Å²) in [5, 5.41) is 4.15. The van der Waals surface area contributed by atoms with Crippen molar-refractivity contribution >= 4 is 16.9 Å². The van der Waals surface area contributed by atoms with E-state index in [1.54, 1.807) is 24.3 Å². The zero-order chi connectivity index (χ0) is 24.5. The summed E-state index contributed by atoms with van der Waals surface area (Å²) in [6.07, 6.45) is -4.76. The van der Waals surface area contributed by atoms with Crippen LogP contribution in [0, 0.1) is 0 Å². The quantitative estimate of drug-likeness (QED) is 0.409. The molecule has 0 bridgehead atoms. The first-order chi connectivity index (χ1) is 16.1. The molecule has 0 aliphatic heterocycles. The molecular weight excluding hydrogens is 453 g/mol. The minimum absolute atomic E-state index is 0.0847. The van der Waals surface area contributed by atoms with Crippen LogP contribution in [0.15, 0.2) is 57.5 Å². The van der Waals surface area contributed by atoms with Gasteiger partial charge >= 0.3 is 12.1 Å². The molecule has 0 saturated carbocycles. The Kier molecular flexibility index (Phi) is 6.29. The van der Waals surface area contributed by atoms with E-state index in [9.17, 15) is 18.0 Å². The fourth-order valence-electron chi connectivity index (χ4n) is 3.61. The second kappa shape index (κ2) is 9.18. The second-order valence-corrected chi connectivity index (χ2v) is 7.92. The summed E-state index contributed by atoms with van der Waals surface area (Å²) in [6, 6.07) is 13.5. The van der Waals surface area contributed by atoms with E-state index >= 15 is 0 Å². The molecule has 0 radical (unpaired) electrons. The number of rotatable bonds is 8. The van der Waals surface area contributed by atoms with E-state index in [0.717, 1.165) is 5.39 Å². The molecule has 0 spiro atoms. The number of benzene rings is 2. The number of ether oxygens (including phenoxy) is 1. The largest absolute Gasteiger partial charge is 0.489 e. The van der Waals surface area contributed by atoms with Gasteiger partial charge in [-0.25, -0.2) is 0 Å². The molecule has 11 heteroatoms. The minimum Gasteiger partial charge on any atom is -0.489 e. The molecule has 2 heterocycles. The first-order valence-electron chi connectivity index (χ1n) is 10.2. The zero-order valence-electron chi connectivity index (χ0n) is 18.3. The molecule has 1 atom stereocenters. The second-order valence-electron chi connectivity index (χ2n) is 7.92. The third kappa shape index (κ3) is 5.04. The number of aromatic nitrogens is 2. The van der Waals surface area contributed by atoms with Gasteiger partial charge in [0.15, 0.2) is 5.76 Å². The molecule has 8 nitrogen and oxygen atoms in total. The van der Waals surface area contributed by atoms with Crippen molar-refractivity contribution in [2.24, 2.45) is 5.73 Å². The molecule has 1 unspecified atom stereocenters. The van der Waals surface area contributed by atoms with Crippen LogP contribution in [-0.4, -0.2) is 47.7 Å². The number of carbonyl (C=O) groups is 1. The van der Waals surface area contributed by atoms with Gasteiger partial charge in [-0.15, -0.1) is 0 Å². The van der Waals surface area contributed by atoms with Crippen molar-refractivity contribution < 1.29 is 31.6 Å². The van der Waals surface area contributed by atoms with Crippen molar-refractivity contribution in [3.05, 3.63) is 65.7 Å². The van der Waals surface area contributed by atoms with Gasteiger partial charge in [-0.3, -0.25) is 4.79 Å². The van der Waals surface area contributed by atoms with E-state index in [-0.39, 0.29) is 17.7 Å². The van der Waals surface area contributed by atoms with Crippen LogP contribution in [0.5, 0.6) is 5.75 Å². The molecule has 4 aromatic rings. The number of halogens is 3. The standard InChI is InChI=1S/C23H21F3N4O4/c1-30(2)12-15(11-17-16-5-3-4-6-18(16)33-19(17)20(27)31)32-14-9-7-13(8-10-14)21-28-22(34-29-21)23(24,25)26/h3-10,15H,11-12H2,1-2H3,(H2,27,31). The van der Waals surface area contributed by atoms with Crippen LogP contribution in [0.25, 0.3) is 22.4 Å². The van der Waals surface area contributed by atoms with E-state index in [1.807, 2.05) is 31.1 Å². The number of nitrogens with zero attached hydrogens (tertiary/aromatic N) is 3. The monoisotopic (exact) mass is 474 g/mol. The Balaban J connectivity index is 1.57. The number of alkyl halides is 3. The number of nitrogens with two attached hydrogens (primary N) is 1. The Bertz CT molecular complexity index is 1300. The lowest BCUT2D eigenvalue weighted by Gasteiger charge is -2.23. The Morgan fingerprint density at radius 2 is 1.85 bits per heavy atom. The molecule has 2 aromatic heterocycles. The van der Waals surface area contributed by atoms with Gasteiger partial charge in [0.25, 0.3) is 5.91 Å². The first-order valence-corrected chi connectivity index (χ1v) is 10.2. The van der Waals surface area contributed by atoms with Gasteiger partial charge in [0.05, 0.1) is 0 Å². The third-order valence-corrected chi connectivity index (χ3v) is 5.01. The van der Waals surface area contributed by atoms with Crippen molar-refractivity contribution in [2.45, 2.75) is 18.7 Å². The highest BCUT2D eigenvalue weighted by atomic mass is 19.4. The maximum Gasteiger partial charge on any atom is 0.471 e. The molecule has 0 fully saturated rings. The topological polar surface area (TPSA) is 108 Å². The zero-order valence-corrected chi connectivity index (χ0v) is 18.3. The molecule has 0 saturated heterocycles. The van der Waals surface area contributed by atoms with Crippen molar-refractivity contribution in [3.8, 4) is 17.1 Å². The number of para-hydroxylation sites is 1. The van der Waals surface area contributed by atoms with Crippen LogP contribution in [0.4, 0.5) is 13.2 Å². The highest BCUT2D eigenvalue weighted by Gasteiger charge is 2.38. The van der Waals surface area contributed by atoms with Crippen molar-refractivity contribution in [3.63, 3.8) is 0 Å². The number of hydrogen-bond donors (Lipinski definition) is 1. The molecule has 178 valence electrons. The van der Waals surface area contributed by atoms with Crippen LogP contribution in [0.2, 0.25) is 0 Å². The van der Waals surface area contributed by atoms with E-state index in [1.165, 1.54) is 12.1 Å². The third-order valence-electron chi connectivity index (χ3n) is 5.01. The normalized spacial score (nSPS) is 12.9. The molecule has 1 amide bonds. The van der Waals surface area contributed by atoms with Gasteiger partial charge in [-0.2, -0.15) is 18.2 Å². The average Bonchev–Trinajstić information content (AvgIpc) is 3.40. The Hall–Kier alpha value is -3.86. The number of hydrogen-bond acceptors (Lipinski definition) is 7. The van der Waals surface area contributed by atoms with Gasteiger partial charge < -0.3 is 24.3 Å². The van der Waals surface area contributed by atoms with E-state index < -0.39 is 18.0 Å². The SMILES string of the molecule is CN(C)CC(Cc1c(C(N)=O)oc2ccccc12)Oc1ccc(-c2noc(C(F)(F)F)n2)cc1. The molecule has 2 aromatic carbocycles. The summed E-state index contributed by atoms with van der Waals surface area (Å²) in [7, 11) is 3.77. The Morgan fingerprint density at radius 3 is 2.47 bits per heavy atom. The lowest BCUT2D eigenvalue weighted by molar-refractivity contribution is -0.159. The summed E-state index contributed by atoms with van der Waals surface area (Å²) < 4.78 is 54.2. The Labute approximate surface area is 192 Å². The minimum atomic E-state index is -4.71. The van der Waals surface area contributed by atoms with Crippen LogP contribution in [-0.2, 0) is 12.6 Å². The summed E-state index contributed by atoms with van der Waals surface area (Å²) in [4.78, 5) is 17.3. The lowest BCUT2D eigenvalue weighted by Crippen LogP contribution is -2.33. The highest BCUT2D eigenvalue weighted by Crippen LogP contribution is 2.31. The molecule has 0 aliphatic carbocycles. The van der Waals surface area contributed by atoms with Crippen molar-refractivity contribution in [1.82, 2.24) is 15.0 Å². The van der Waals surface area contributed by atoms with Gasteiger partial charge in [-0.05, 0) is 44.4 Å². The number of furan rings is 1. The van der Waals surface area contributed by atoms with E-state index in [4.69, 9.17) is 14.9 Å². The van der Waals surface area contributed by atoms with E-state index in [0.29, 0.717) is 35.4 Å². The summed E-state index contributed by atoms with van der Waals surface area (Å²) in [6.45, 7) is 0.513. The fourth-order valence-corrected chi connectivity index (χ4v) is 3.61. The highest BCUT2D eigenvalue weighted by molar-refractivity contribution is 5.98. The molecule has 34 heavy (non-hydrogen) atoms. The maximum absolute atomic E-state index is 12.7. The van der Waals surface area contributed by atoms with Gasteiger partial charge in [0.1, 0.15) is 17.4 Å². The predicted molar refractivity (Wildman–Crippen MR) is 116 cm³/mol. The molecular formula is C23H21F3N4O4. The molecule has 4 rings (SSSR count). The van der Waals surface area contributed by atoms with E-state index in [2.05, 4.69) is 14.7 Å². The van der Waals surface area contributed by atoms with Crippen molar-refractivity contribution in [2.75, 3.05) is 20.6 Å². The summed E-state index contributed by atoms with van der Waals surface area (Å²) in [5.74, 6) is -1.70. The van der Waals surface area contributed by atoms with Crippen LogP contribution in [0.3, 0.4) is 0 Å². The number of amides is 1. The fraction of sp³-hybridized carbons (Fsp3) is 0.261. The number of carbonyl (C=O) groups excluding carboxylic acids is 1. The lowest BCUT2D eigenvalue weighted by atomic mass is 10.0. The number of likely N-dealkylation sites (N-methyl/N-ethyl adjacent to an activating group) is 1. The van der Waals surface area contributed by atoms with Gasteiger partial charge in [0, 0.05) is 29.5 Å². The summed E-state index contributed by atoms with van der Waals surface area (Å²) in [5.41, 5.74) is 7.08. The number of fused-ring (bicyclic) bond motifs is 1. The molecule has 2 N–H and O–H groups in total. The smallest absolute Gasteiger partial charge is 0.471 e. The van der Waals surface area contributed by atoms with Gasteiger partial charge in [0.2, 0.25) is 5.82 Å². The Morgan fingerprint density at radius 1 is 1.15 bits per heavy atom. The predicted octanol–water partition coefficient (Wildman–Crippen LogP) is 4.15. The van der Waals surface area contributed by atoms with Crippen LogP contribution >= 0.6 is 0 Å². The van der Waals surface area contributed by atoms with Crippen molar-refractivity contribution in [1.29, 1.82) is 0 Å². The summed E-state index contributed by atoms with van der Waals surface area (Å²) >= 11 is 0.